The molecule has 0 aliphatic carbocycles. The fourth-order valence-corrected chi connectivity index (χ4v) is 2.87. The third-order valence-electron chi connectivity index (χ3n) is 3.93. The summed E-state index contributed by atoms with van der Waals surface area (Å²) in [4.78, 5) is 2.39. The van der Waals surface area contributed by atoms with Crippen LogP contribution in [-0.2, 0) is 17.7 Å². The van der Waals surface area contributed by atoms with Gasteiger partial charge in [-0.05, 0) is 39.2 Å². The van der Waals surface area contributed by atoms with Crippen LogP contribution in [0.5, 0.6) is 0 Å². The molecule has 0 spiro atoms. The van der Waals surface area contributed by atoms with E-state index in [1.54, 1.807) is 0 Å². The summed E-state index contributed by atoms with van der Waals surface area (Å²) in [6.45, 7) is 12.3. The van der Waals surface area contributed by atoms with Gasteiger partial charge in [-0.25, -0.2) is 0 Å². The Morgan fingerprint density at radius 1 is 1.25 bits per heavy atom. The Labute approximate surface area is 121 Å². The van der Waals surface area contributed by atoms with E-state index in [1.165, 1.54) is 0 Å². The summed E-state index contributed by atoms with van der Waals surface area (Å²) in [6.07, 6.45) is 3.06. The van der Waals surface area contributed by atoms with Crippen LogP contribution in [0.4, 0.5) is 0 Å². The van der Waals surface area contributed by atoms with Gasteiger partial charge in [-0.15, -0.1) is 10.2 Å². The van der Waals surface area contributed by atoms with Crippen molar-refractivity contribution in [2.45, 2.75) is 59.1 Å². The molecule has 1 aromatic rings. The van der Waals surface area contributed by atoms with Gasteiger partial charge in [-0.2, -0.15) is 0 Å². The molecular formula is C15H27N3O2. The standard InChI is InChI=1S/C15H27N3O2/c1-5-13-16-17-14(20-13)11-18(6-2)10-12-7-8-19-15(3,4)9-12/h12H,5-11H2,1-4H3. The zero-order valence-corrected chi connectivity index (χ0v) is 13.2. The molecular weight excluding hydrogens is 254 g/mol. The molecule has 5 heteroatoms. The zero-order chi connectivity index (χ0) is 14.6. The first-order valence-electron chi connectivity index (χ1n) is 7.70. The number of hydrogen-bond acceptors (Lipinski definition) is 5. The maximum atomic E-state index is 5.79. The maximum Gasteiger partial charge on any atom is 0.230 e. The van der Waals surface area contributed by atoms with Crippen LogP contribution >= 0.6 is 0 Å². The lowest BCUT2D eigenvalue weighted by Crippen LogP contribution is -2.39. The van der Waals surface area contributed by atoms with E-state index in [2.05, 4.69) is 35.9 Å². The number of hydrogen-bond donors (Lipinski definition) is 0. The monoisotopic (exact) mass is 281 g/mol. The van der Waals surface area contributed by atoms with Crippen molar-refractivity contribution in [3.8, 4) is 0 Å². The lowest BCUT2D eigenvalue weighted by atomic mass is 9.88. The van der Waals surface area contributed by atoms with Gasteiger partial charge in [0.15, 0.2) is 0 Å². The van der Waals surface area contributed by atoms with Gasteiger partial charge < -0.3 is 9.15 Å². The third kappa shape index (κ3) is 4.28. The van der Waals surface area contributed by atoms with E-state index in [0.29, 0.717) is 5.92 Å². The van der Waals surface area contributed by atoms with Crippen molar-refractivity contribution >= 4 is 0 Å². The molecule has 0 bridgehead atoms. The third-order valence-corrected chi connectivity index (χ3v) is 3.93. The SMILES string of the molecule is CCc1nnc(CN(CC)CC2CCOC(C)(C)C2)o1. The highest BCUT2D eigenvalue weighted by Crippen LogP contribution is 2.29. The van der Waals surface area contributed by atoms with Gasteiger partial charge in [-0.1, -0.05) is 13.8 Å². The van der Waals surface area contributed by atoms with Crippen molar-refractivity contribution in [3.63, 3.8) is 0 Å². The van der Waals surface area contributed by atoms with Crippen LogP contribution in [-0.4, -0.2) is 40.4 Å². The number of ether oxygens (including phenoxy) is 1. The molecule has 1 aliphatic rings. The Morgan fingerprint density at radius 3 is 2.60 bits per heavy atom. The van der Waals surface area contributed by atoms with E-state index in [-0.39, 0.29) is 5.60 Å². The second kappa shape index (κ2) is 6.68. The smallest absolute Gasteiger partial charge is 0.230 e. The highest BCUT2D eigenvalue weighted by atomic mass is 16.5. The fourth-order valence-electron chi connectivity index (χ4n) is 2.87. The minimum atomic E-state index is 0.0161. The summed E-state index contributed by atoms with van der Waals surface area (Å²) in [5, 5.41) is 8.14. The van der Waals surface area contributed by atoms with Crippen molar-refractivity contribution in [2.24, 2.45) is 5.92 Å². The number of rotatable bonds is 6. The van der Waals surface area contributed by atoms with Gasteiger partial charge in [0.1, 0.15) is 0 Å². The molecule has 2 heterocycles. The molecule has 1 fully saturated rings. The van der Waals surface area contributed by atoms with Crippen LogP contribution in [0, 0.1) is 5.92 Å². The molecule has 1 unspecified atom stereocenters. The zero-order valence-electron chi connectivity index (χ0n) is 13.2. The lowest BCUT2D eigenvalue weighted by molar-refractivity contribution is -0.0771. The largest absolute Gasteiger partial charge is 0.424 e. The van der Waals surface area contributed by atoms with E-state index in [9.17, 15) is 0 Å². The molecule has 0 amide bonds. The van der Waals surface area contributed by atoms with Crippen LogP contribution in [0.2, 0.25) is 0 Å². The van der Waals surface area contributed by atoms with Crippen LogP contribution in [0.3, 0.4) is 0 Å². The van der Waals surface area contributed by atoms with Gasteiger partial charge in [0.05, 0.1) is 12.1 Å². The second-order valence-corrected chi connectivity index (χ2v) is 6.24. The van der Waals surface area contributed by atoms with Crippen molar-refractivity contribution in [1.29, 1.82) is 0 Å². The molecule has 5 nitrogen and oxygen atoms in total. The molecule has 114 valence electrons. The van der Waals surface area contributed by atoms with Crippen molar-refractivity contribution in [3.05, 3.63) is 11.8 Å². The molecule has 0 saturated carbocycles. The molecule has 1 atom stereocenters. The van der Waals surface area contributed by atoms with E-state index < -0.39 is 0 Å². The quantitative estimate of drug-likeness (QED) is 0.802. The number of nitrogens with zero attached hydrogens (tertiary/aromatic N) is 3. The first-order chi connectivity index (χ1) is 9.52. The molecule has 20 heavy (non-hydrogen) atoms. The van der Waals surface area contributed by atoms with Crippen molar-refractivity contribution < 1.29 is 9.15 Å². The van der Waals surface area contributed by atoms with E-state index in [4.69, 9.17) is 9.15 Å². The highest BCUT2D eigenvalue weighted by Gasteiger charge is 2.29. The van der Waals surface area contributed by atoms with Gasteiger partial charge in [0.2, 0.25) is 11.8 Å². The van der Waals surface area contributed by atoms with E-state index in [0.717, 1.165) is 57.3 Å². The molecule has 0 radical (unpaired) electrons. The summed E-state index contributed by atoms with van der Waals surface area (Å²) in [7, 11) is 0. The van der Waals surface area contributed by atoms with Gasteiger partial charge >= 0.3 is 0 Å². The normalized spacial score (nSPS) is 22.4. The van der Waals surface area contributed by atoms with Gasteiger partial charge in [0, 0.05) is 19.6 Å². The summed E-state index contributed by atoms with van der Waals surface area (Å²) in [5.74, 6) is 2.14. The lowest BCUT2D eigenvalue weighted by Gasteiger charge is -2.37. The number of aromatic nitrogens is 2. The Balaban J connectivity index is 1.88. The Kier molecular flexibility index (Phi) is 5.16. The average molecular weight is 281 g/mol. The molecule has 1 aliphatic heterocycles. The minimum Gasteiger partial charge on any atom is -0.424 e. The Hall–Kier alpha value is -0.940. The molecule has 0 aromatic carbocycles. The van der Waals surface area contributed by atoms with E-state index >= 15 is 0 Å². The van der Waals surface area contributed by atoms with Crippen LogP contribution < -0.4 is 0 Å². The average Bonchev–Trinajstić information content (AvgIpc) is 2.84. The summed E-state index contributed by atoms with van der Waals surface area (Å²) < 4.78 is 11.4. The summed E-state index contributed by atoms with van der Waals surface area (Å²) >= 11 is 0. The minimum absolute atomic E-state index is 0.0161. The Morgan fingerprint density at radius 2 is 2.00 bits per heavy atom. The van der Waals surface area contributed by atoms with E-state index in [1.807, 2.05) is 6.92 Å². The maximum absolute atomic E-state index is 5.79. The van der Waals surface area contributed by atoms with Crippen molar-refractivity contribution in [2.75, 3.05) is 19.7 Å². The second-order valence-electron chi connectivity index (χ2n) is 6.24. The summed E-state index contributed by atoms with van der Waals surface area (Å²) in [6, 6.07) is 0. The molecule has 2 rings (SSSR count). The fraction of sp³-hybridized carbons (Fsp3) is 0.867. The highest BCUT2D eigenvalue weighted by molar-refractivity contribution is 4.84. The summed E-state index contributed by atoms with van der Waals surface area (Å²) in [5.41, 5.74) is 0.0161. The number of aryl methyl sites for hydroxylation is 1. The first-order valence-corrected chi connectivity index (χ1v) is 7.70. The predicted octanol–water partition coefficient (Wildman–Crippen LogP) is 2.66. The van der Waals surface area contributed by atoms with Crippen LogP contribution in [0.15, 0.2) is 4.42 Å². The molecule has 1 saturated heterocycles. The molecule has 1 aromatic heterocycles. The topological polar surface area (TPSA) is 51.4 Å². The van der Waals surface area contributed by atoms with Crippen molar-refractivity contribution in [1.82, 2.24) is 15.1 Å². The first kappa shape index (κ1) is 15.4. The van der Waals surface area contributed by atoms with Gasteiger partial charge in [0.25, 0.3) is 0 Å². The predicted molar refractivity (Wildman–Crippen MR) is 77.4 cm³/mol. The van der Waals surface area contributed by atoms with Crippen LogP contribution in [0.1, 0.15) is 52.3 Å². The molecule has 0 N–H and O–H groups in total. The van der Waals surface area contributed by atoms with Crippen LogP contribution in [0.25, 0.3) is 0 Å². The van der Waals surface area contributed by atoms with Gasteiger partial charge in [-0.3, -0.25) is 4.90 Å². The Bertz CT molecular complexity index is 417.